The highest BCUT2D eigenvalue weighted by atomic mass is 15.1. The Kier molecular flexibility index (Phi) is 1.34. The minimum absolute atomic E-state index is 0.191. The Morgan fingerprint density at radius 1 is 1.50 bits per heavy atom. The number of nitrogens with two attached hydrogens (primary N) is 2. The molecule has 5 N–H and O–H groups in total. The van der Waals surface area contributed by atoms with E-state index in [0.29, 0.717) is 6.04 Å². The third-order valence-corrected chi connectivity index (χ3v) is 1.09. The van der Waals surface area contributed by atoms with E-state index >= 15 is 0 Å². The van der Waals surface area contributed by atoms with E-state index in [0.717, 1.165) is 13.1 Å². The maximum atomic E-state index is 5.10. The van der Waals surface area contributed by atoms with Crippen molar-refractivity contribution >= 4 is 5.96 Å². The number of hydrogen-bond acceptors (Lipinski definition) is 2. The Labute approximate surface area is 48.0 Å². The van der Waals surface area contributed by atoms with Crippen molar-refractivity contribution in [2.75, 3.05) is 13.1 Å². The molecule has 1 aliphatic heterocycles. The summed E-state index contributed by atoms with van der Waals surface area (Å²) in [6, 6.07) is 0.333. The summed E-state index contributed by atoms with van der Waals surface area (Å²) in [7, 11) is 0. The molecule has 0 bridgehead atoms. The summed E-state index contributed by atoms with van der Waals surface area (Å²) in [5.74, 6) is 0.191. The van der Waals surface area contributed by atoms with Crippen molar-refractivity contribution in [1.29, 1.82) is 0 Å². The van der Waals surface area contributed by atoms with E-state index in [9.17, 15) is 0 Å². The van der Waals surface area contributed by atoms with E-state index in [1.54, 1.807) is 0 Å². The van der Waals surface area contributed by atoms with Crippen LogP contribution in [-0.2, 0) is 0 Å². The van der Waals surface area contributed by atoms with Crippen molar-refractivity contribution in [3.05, 3.63) is 0 Å². The second-order valence-electron chi connectivity index (χ2n) is 1.87. The molecule has 0 saturated carbocycles. The molecule has 0 aromatic rings. The molecule has 0 spiro atoms. The highest BCUT2D eigenvalue weighted by Gasteiger charge is 2.14. The first kappa shape index (κ1) is 5.37. The molecular weight excluding hydrogens is 104 g/mol. The van der Waals surface area contributed by atoms with Crippen LogP contribution in [0.25, 0.3) is 0 Å². The maximum Gasteiger partial charge on any atom is 0.186 e. The molecule has 1 aliphatic rings. The summed E-state index contributed by atoms with van der Waals surface area (Å²) in [5, 5.41) is 3.05. The molecule has 0 amide bonds. The van der Waals surface area contributed by atoms with Gasteiger partial charge in [0.2, 0.25) is 0 Å². The molecule has 0 aromatic carbocycles. The predicted octanol–water partition coefficient (Wildman–Crippen LogP) is -1.77. The number of nitrogens with zero attached hydrogens (tertiary/aromatic N) is 1. The number of hydrogen-bond donors (Lipinski definition) is 3. The Balaban J connectivity index is 2.27. The SMILES string of the molecule is NC(N)=NC1CNC1. The van der Waals surface area contributed by atoms with Crippen LogP contribution in [0.5, 0.6) is 0 Å². The van der Waals surface area contributed by atoms with Gasteiger partial charge in [0.1, 0.15) is 0 Å². The van der Waals surface area contributed by atoms with Crippen molar-refractivity contribution < 1.29 is 0 Å². The molecule has 1 heterocycles. The zero-order valence-corrected chi connectivity index (χ0v) is 4.59. The van der Waals surface area contributed by atoms with Gasteiger partial charge in [-0.1, -0.05) is 0 Å². The Hall–Kier alpha value is -0.770. The third-order valence-electron chi connectivity index (χ3n) is 1.09. The van der Waals surface area contributed by atoms with Crippen molar-refractivity contribution in [2.45, 2.75) is 6.04 Å². The summed E-state index contributed by atoms with van der Waals surface area (Å²) >= 11 is 0. The minimum Gasteiger partial charge on any atom is -0.370 e. The number of nitrogens with one attached hydrogen (secondary N) is 1. The van der Waals surface area contributed by atoms with E-state index in [2.05, 4.69) is 10.3 Å². The first-order chi connectivity index (χ1) is 3.79. The standard InChI is InChI=1S/C4H10N4/c5-4(6)8-3-1-7-2-3/h3,7H,1-2H2,(H4,5,6,8). The van der Waals surface area contributed by atoms with Gasteiger partial charge in [-0.25, -0.2) is 4.99 Å². The van der Waals surface area contributed by atoms with E-state index in [4.69, 9.17) is 11.5 Å². The third kappa shape index (κ3) is 1.10. The zero-order valence-electron chi connectivity index (χ0n) is 4.59. The first-order valence-electron chi connectivity index (χ1n) is 2.58. The average Bonchev–Trinajstić information content (AvgIpc) is 1.55. The van der Waals surface area contributed by atoms with Crippen molar-refractivity contribution in [3.63, 3.8) is 0 Å². The van der Waals surface area contributed by atoms with Gasteiger partial charge in [0.15, 0.2) is 5.96 Å². The first-order valence-corrected chi connectivity index (χ1v) is 2.58. The van der Waals surface area contributed by atoms with Crippen molar-refractivity contribution in [2.24, 2.45) is 16.5 Å². The molecule has 1 rings (SSSR count). The van der Waals surface area contributed by atoms with Crippen LogP contribution in [0.4, 0.5) is 0 Å². The van der Waals surface area contributed by atoms with Gasteiger partial charge in [-0.15, -0.1) is 0 Å². The summed E-state index contributed by atoms with van der Waals surface area (Å²) in [6.07, 6.45) is 0. The van der Waals surface area contributed by atoms with Crippen molar-refractivity contribution in [3.8, 4) is 0 Å². The molecule has 0 aromatic heterocycles. The number of guanidine groups is 1. The predicted molar refractivity (Wildman–Crippen MR) is 32.5 cm³/mol. The molecule has 0 unspecified atom stereocenters. The molecule has 1 saturated heterocycles. The van der Waals surface area contributed by atoms with Crippen LogP contribution in [-0.4, -0.2) is 25.1 Å². The fourth-order valence-corrected chi connectivity index (χ4v) is 0.576. The summed E-state index contributed by atoms with van der Waals surface area (Å²) in [6.45, 7) is 1.83. The van der Waals surface area contributed by atoms with Crippen LogP contribution in [0, 0.1) is 0 Å². The Morgan fingerprint density at radius 3 is 2.25 bits per heavy atom. The van der Waals surface area contributed by atoms with Gasteiger partial charge in [0, 0.05) is 13.1 Å². The average molecular weight is 114 g/mol. The highest BCUT2D eigenvalue weighted by molar-refractivity contribution is 5.75. The fraction of sp³-hybridized carbons (Fsp3) is 0.750. The number of aliphatic imine (C=N–C) groups is 1. The van der Waals surface area contributed by atoms with Crippen LogP contribution in [0.1, 0.15) is 0 Å². The molecule has 4 nitrogen and oxygen atoms in total. The molecule has 8 heavy (non-hydrogen) atoms. The summed E-state index contributed by atoms with van der Waals surface area (Å²) < 4.78 is 0. The van der Waals surface area contributed by atoms with Gasteiger partial charge in [0.25, 0.3) is 0 Å². The molecule has 0 aliphatic carbocycles. The van der Waals surface area contributed by atoms with Crippen LogP contribution >= 0.6 is 0 Å². The topological polar surface area (TPSA) is 76.4 Å². The molecule has 0 radical (unpaired) electrons. The summed E-state index contributed by atoms with van der Waals surface area (Å²) in [4.78, 5) is 3.89. The molecule has 4 heteroatoms. The molecule has 46 valence electrons. The molecular formula is C4H10N4. The van der Waals surface area contributed by atoms with E-state index < -0.39 is 0 Å². The van der Waals surface area contributed by atoms with E-state index in [1.807, 2.05) is 0 Å². The fourth-order valence-electron chi connectivity index (χ4n) is 0.576. The number of rotatable bonds is 1. The Bertz CT molecular complexity index is 101. The second-order valence-corrected chi connectivity index (χ2v) is 1.87. The van der Waals surface area contributed by atoms with E-state index in [1.165, 1.54) is 0 Å². The second kappa shape index (κ2) is 2.00. The van der Waals surface area contributed by atoms with Gasteiger partial charge in [-0.2, -0.15) is 0 Å². The van der Waals surface area contributed by atoms with Gasteiger partial charge in [0.05, 0.1) is 6.04 Å². The Morgan fingerprint density at radius 2 is 2.12 bits per heavy atom. The van der Waals surface area contributed by atoms with Gasteiger partial charge in [-0.3, -0.25) is 0 Å². The largest absolute Gasteiger partial charge is 0.370 e. The van der Waals surface area contributed by atoms with Gasteiger partial charge >= 0.3 is 0 Å². The maximum absolute atomic E-state index is 5.10. The molecule has 1 fully saturated rings. The lowest BCUT2D eigenvalue weighted by atomic mass is 10.2. The quantitative estimate of drug-likeness (QED) is 0.279. The lowest BCUT2D eigenvalue weighted by Gasteiger charge is -2.22. The lowest BCUT2D eigenvalue weighted by Crippen LogP contribution is -2.47. The van der Waals surface area contributed by atoms with Gasteiger partial charge < -0.3 is 16.8 Å². The van der Waals surface area contributed by atoms with Gasteiger partial charge in [-0.05, 0) is 0 Å². The smallest absolute Gasteiger partial charge is 0.186 e. The normalized spacial score (nSPS) is 19.5. The van der Waals surface area contributed by atoms with Crippen LogP contribution in [0.3, 0.4) is 0 Å². The van der Waals surface area contributed by atoms with Crippen LogP contribution in [0.15, 0.2) is 4.99 Å². The highest BCUT2D eigenvalue weighted by Crippen LogP contribution is 1.94. The van der Waals surface area contributed by atoms with Crippen molar-refractivity contribution in [1.82, 2.24) is 5.32 Å². The van der Waals surface area contributed by atoms with Crippen LogP contribution < -0.4 is 16.8 Å². The zero-order chi connectivity index (χ0) is 5.98. The minimum atomic E-state index is 0.191. The van der Waals surface area contributed by atoms with E-state index in [-0.39, 0.29) is 5.96 Å². The monoisotopic (exact) mass is 114 g/mol. The molecule has 0 atom stereocenters. The van der Waals surface area contributed by atoms with Crippen LogP contribution in [0.2, 0.25) is 0 Å². The summed E-state index contributed by atoms with van der Waals surface area (Å²) in [5.41, 5.74) is 10.2. The lowest BCUT2D eigenvalue weighted by molar-refractivity contribution is 0.447.